The Labute approximate surface area is 202 Å². The minimum Gasteiger partial charge on any atom is -0.355 e. The fourth-order valence-corrected chi connectivity index (χ4v) is 6.83. The first-order valence-corrected chi connectivity index (χ1v) is 14.6. The number of nitrogens with one attached hydrogen (secondary N) is 1. The third-order valence-electron chi connectivity index (χ3n) is 6.54. The SMILES string of the molecule is CCCCCCCNC(=O)CN1C(=O)CSc2ccc(S(=O)(=O)N(C)C3CCCCC3)cc21. The lowest BCUT2D eigenvalue weighted by molar-refractivity contribution is -0.123. The van der Waals surface area contributed by atoms with E-state index in [-0.39, 0.29) is 35.0 Å². The second-order valence-electron chi connectivity index (χ2n) is 8.98. The molecule has 1 saturated carbocycles. The topological polar surface area (TPSA) is 86.8 Å². The van der Waals surface area contributed by atoms with Crippen molar-refractivity contribution in [1.29, 1.82) is 0 Å². The van der Waals surface area contributed by atoms with Gasteiger partial charge in [0.25, 0.3) is 0 Å². The summed E-state index contributed by atoms with van der Waals surface area (Å²) in [4.78, 5) is 27.6. The van der Waals surface area contributed by atoms with Crippen LogP contribution in [0.3, 0.4) is 0 Å². The lowest BCUT2D eigenvalue weighted by Gasteiger charge is -2.32. The van der Waals surface area contributed by atoms with Gasteiger partial charge in [0.1, 0.15) is 6.54 Å². The van der Waals surface area contributed by atoms with Gasteiger partial charge in [0.05, 0.1) is 16.3 Å². The van der Waals surface area contributed by atoms with Gasteiger partial charge in [-0.1, -0.05) is 51.9 Å². The van der Waals surface area contributed by atoms with Crippen LogP contribution in [0.4, 0.5) is 5.69 Å². The van der Waals surface area contributed by atoms with E-state index in [4.69, 9.17) is 0 Å². The van der Waals surface area contributed by atoms with Crippen molar-refractivity contribution in [3.8, 4) is 0 Å². The van der Waals surface area contributed by atoms with Crippen LogP contribution in [0.5, 0.6) is 0 Å². The van der Waals surface area contributed by atoms with Gasteiger partial charge in [-0.05, 0) is 37.5 Å². The molecule has 0 bridgehead atoms. The van der Waals surface area contributed by atoms with Gasteiger partial charge in [-0.2, -0.15) is 4.31 Å². The lowest BCUT2D eigenvalue weighted by Crippen LogP contribution is -2.43. The number of unbranched alkanes of at least 4 members (excludes halogenated alkanes) is 4. The van der Waals surface area contributed by atoms with Crippen LogP contribution < -0.4 is 10.2 Å². The molecule has 7 nitrogen and oxygen atoms in total. The van der Waals surface area contributed by atoms with Crippen LogP contribution in [0.2, 0.25) is 0 Å². The average Bonchev–Trinajstić information content (AvgIpc) is 2.82. The molecule has 0 aromatic heterocycles. The van der Waals surface area contributed by atoms with Crippen LogP contribution in [0.25, 0.3) is 0 Å². The van der Waals surface area contributed by atoms with E-state index in [2.05, 4.69) is 12.2 Å². The van der Waals surface area contributed by atoms with Crippen molar-refractivity contribution in [2.75, 3.05) is 30.8 Å². The van der Waals surface area contributed by atoms with Gasteiger partial charge >= 0.3 is 0 Å². The maximum atomic E-state index is 13.3. The van der Waals surface area contributed by atoms with E-state index in [1.165, 1.54) is 33.8 Å². The summed E-state index contributed by atoms with van der Waals surface area (Å²) < 4.78 is 28.1. The second-order valence-corrected chi connectivity index (χ2v) is 12.0. The van der Waals surface area contributed by atoms with E-state index >= 15 is 0 Å². The number of nitrogens with zero attached hydrogens (tertiary/aromatic N) is 2. The smallest absolute Gasteiger partial charge is 0.243 e. The minimum absolute atomic E-state index is 0.00926. The summed E-state index contributed by atoms with van der Waals surface area (Å²) in [5.74, 6) is -0.157. The number of amides is 2. The highest BCUT2D eigenvalue weighted by Gasteiger charge is 2.32. The predicted molar refractivity (Wildman–Crippen MR) is 133 cm³/mol. The number of fused-ring (bicyclic) bond motifs is 1. The molecule has 0 saturated heterocycles. The molecule has 0 radical (unpaired) electrons. The van der Waals surface area contributed by atoms with Gasteiger partial charge in [-0.15, -0.1) is 11.8 Å². The summed E-state index contributed by atoms with van der Waals surface area (Å²) >= 11 is 1.38. The average molecular weight is 496 g/mol. The highest BCUT2D eigenvalue weighted by molar-refractivity contribution is 8.00. The zero-order valence-electron chi connectivity index (χ0n) is 19.8. The molecule has 33 heavy (non-hydrogen) atoms. The third kappa shape index (κ3) is 6.73. The van der Waals surface area contributed by atoms with Crippen LogP contribution >= 0.6 is 11.8 Å². The molecule has 0 unspecified atom stereocenters. The Hall–Kier alpha value is -1.58. The van der Waals surface area contributed by atoms with Gasteiger partial charge < -0.3 is 10.2 Å². The van der Waals surface area contributed by atoms with Gasteiger partial charge in [0.15, 0.2) is 0 Å². The predicted octanol–water partition coefficient (Wildman–Crippen LogP) is 4.17. The quantitative estimate of drug-likeness (QED) is 0.466. The molecule has 0 spiro atoms. The molecular formula is C24H37N3O4S2. The number of sulfonamides is 1. The van der Waals surface area contributed by atoms with Crippen LogP contribution in [-0.4, -0.2) is 56.5 Å². The number of rotatable bonds is 11. The molecule has 184 valence electrons. The monoisotopic (exact) mass is 495 g/mol. The molecule has 2 amide bonds. The normalized spacial score (nSPS) is 17.3. The third-order valence-corrected chi connectivity index (χ3v) is 9.50. The first-order chi connectivity index (χ1) is 15.8. The first-order valence-electron chi connectivity index (χ1n) is 12.2. The van der Waals surface area contributed by atoms with Crippen LogP contribution in [0, 0.1) is 0 Å². The van der Waals surface area contributed by atoms with Crippen LogP contribution in [0.1, 0.15) is 71.1 Å². The van der Waals surface area contributed by atoms with Crippen LogP contribution in [-0.2, 0) is 19.6 Å². The Morgan fingerprint density at radius 2 is 1.88 bits per heavy atom. The maximum absolute atomic E-state index is 13.3. The van der Waals surface area contributed by atoms with Crippen molar-refractivity contribution in [3.05, 3.63) is 18.2 Å². The summed E-state index contributed by atoms with van der Waals surface area (Å²) in [7, 11) is -2.03. The standard InChI is InChI=1S/C24H37N3O4S2/c1-3-4-5-6-10-15-25-23(28)17-27-21-16-20(13-14-22(21)32-18-24(27)29)33(30,31)26(2)19-11-8-7-9-12-19/h13-14,16,19H,3-12,15,17-18H2,1-2H3,(H,25,28). The molecule has 9 heteroatoms. The fraction of sp³-hybridized carbons (Fsp3) is 0.667. The zero-order chi connectivity index (χ0) is 23.8. The molecule has 1 aromatic carbocycles. The highest BCUT2D eigenvalue weighted by Crippen LogP contribution is 2.38. The minimum atomic E-state index is -3.68. The van der Waals surface area contributed by atoms with Crippen molar-refractivity contribution in [2.24, 2.45) is 0 Å². The number of anilines is 1. The molecule has 0 atom stereocenters. The summed E-state index contributed by atoms with van der Waals surface area (Å²) in [6.45, 7) is 2.66. The van der Waals surface area contributed by atoms with Gasteiger partial charge in [-0.3, -0.25) is 9.59 Å². The van der Waals surface area contributed by atoms with E-state index < -0.39 is 10.0 Å². The fourth-order valence-electron chi connectivity index (χ4n) is 4.48. The van der Waals surface area contributed by atoms with Crippen molar-refractivity contribution in [1.82, 2.24) is 9.62 Å². The number of hydrogen-bond acceptors (Lipinski definition) is 5. The van der Waals surface area contributed by atoms with Crippen molar-refractivity contribution >= 4 is 39.3 Å². The summed E-state index contributed by atoms with van der Waals surface area (Å²) in [5, 5.41) is 2.90. The van der Waals surface area contributed by atoms with E-state index in [1.54, 1.807) is 25.2 Å². The molecule has 2 aliphatic rings. The Bertz CT molecular complexity index is 930. The molecule has 1 fully saturated rings. The van der Waals surface area contributed by atoms with Crippen molar-refractivity contribution < 1.29 is 18.0 Å². The van der Waals surface area contributed by atoms with E-state index in [0.717, 1.165) is 56.3 Å². The Balaban J connectivity index is 1.70. The molecule has 1 aliphatic carbocycles. The number of hydrogen-bond donors (Lipinski definition) is 1. The van der Waals surface area contributed by atoms with Crippen molar-refractivity contribution in [3.63, 3.8) is 0 Å². The Morgan fingerprint density at radius 1 is 1.15 bits per heavy atom. The van der Waals surface area contributed by atoms with Gasteiger partial charge in [-0.25, -0.2) is 8.42 Å². The van der Waals surface area contributed by atoms with Gasteiger partial charge in [0.2, 0.25) is 21.8 Å². The van der Waals surface area contributed by atoms with Gasteiger partial charge in [0, 0.05) is 24.5 Å². The Morgan fingerprint density at radius 3 is 2.61 bits per heavy atom. The van der Waals surface area contributed by atoms with E-state index in [0.29, 0.717) is 12.2 Å². The highest BCUT2D eigenvalue weighted by atomic mass is 32.2. The summed E-state index contributed by atoms with van der Waals surface area (Å²) in [6.07, 6.45) is 10.5. The molecule has 3 rings (SSSR count). The molecule has 1 N–H and O–H groups in total. The zero-order valence-corrected chi connectivity index (χ0v) is 21.5. The Kier molecular flexibility index (Phi) is 9.64. The van der Waals surface area contributed by atoms with Crippen LogP contribution in [0.15, 0.2) is 28.0 Å². The van der Waals surface area contributed by atoms with Crippen molar-refractivity contribution in [2.45, 2.75) is 87.0 Å². The number of benzene rings is 1. The largest absolute Gasteiger partial charge is 0.355 e. The van der Waals surface area contributed by atoms with E-state index in [1.807, 2.05) is 0 Å². The lowest BCUT2D eigenvalue weighted by atomic mass is 9.96. The summed E-state index contributed by atoms with van der Waals surface area (Å²) in [6, 6.07) is 4.94. The number of thioether (sulfide) groups is 1. The van der Waals surface area contributed by atoms with E-state index in [9.17, 15) is 18.0 Å². The molecule has 1 heterocycles. The maximum Gasteiger partial charge on any atom is 0.243 e. The number of carbonyl (C=O) groups is 2. The first kappa shape index (κ1) is 26.0. The molecule has 1 aliphatic heterocycles. The summed E-state index contributed by atoms with van der Waals surface area (Å²) in [5.41, 5.74) is 0.507. The second kappa shape index (κ2) is 12.2. The molecular weight excluding hydrogens is 458 g/mol. The molecule has 1 aromatic rings. The number of carbonyl (C=O) groups excluding carboxylic acids is 2.